The average Bonchev–Trinajstić information content (AvgIpc) is 2.66. The molecule has 4 heteroatoms. The van der Waals surface area contributed by atoms with E-state index in [4.69, 9.17) is 4.74 Å². The number of hydrogen-bond acceptors (Lipinski definition) is 4. The molecular formula is C25H31N3O. The Morgan fingerprint density at radius 3 is 2.00 bits per heavy atom. The smallest absolute Gasteiger partial charge is 0.142 e. The van der Waals surface area contributed by atoms with Gasteiger partial charge in [0.2, 0.25) is 0 Å². The SMILES string of the molecule is Cc1cccc(Nc2ccc(OCCCN(C)C)c(Nc3cccc(C)c3)c2)c1. The molecule has 0 heterocycles. The van der Waals surface area contributed by atoms with Crippen LogP contribution in [-0.2, 0) is 0 Å². The lowest BCUT2D eigenvalue weighted by Crippen LogP contribution is -2.15. The number of nitrogens with zero attached hydrogens (tertiary/aromatic N) is 1. The van der Waals surface area contributed by atoms with E-state index in [1.807, 2.05) is 6.07 Å². The molecule has 0 aliphatic heterocycles. The molecule has 0 aliphatic carbocycles. The van der Waals surface area contributed by atoms with E-state index in [1.165, 1.54) is 11.1 Å². The number of anilines is 4. The third kappa shape index (κ3) is 6.54. The summed E-state index contributed by atoms with van der Waals surface area (Å²) in [5.41, 5.74) is 6.55. The van der Waals surface area contributed by atoms with Crippen molar-refractivity contribution in [1.82, 2.24) is 4.90 Å². The molecule has 4 nitrogen and oxygen atoms in total. The Morgan fingerprint density at radius 2 is 1.38 bits per heavy atom. The van der Waals surface area contributed by atoms with Crippen molar-refractivity contribution in [2.75, 3.05) is 37.9 Å². The minimum Gasteiger partial charge on any atom is -0.491 e. The molecule has 3 aromatic carbocycles. The Hall–Kier alpha value is -2.98. The van der Waals surface area contributed by atoms with E-state index in [-0.39, 0.29) is 0 Å². The van der Waals surface area contributed by atoms with Crippen LogP contribution in [0.15, 0.2) is 66.7 Å². The molecule has 0 radical (unpaired) electrons. The van der Waals surface area contributed by atoms with E-state index in [1.54, 1.807) is 0 Å². The summed E-state index contributed by atoms with van der Waals surface area (Å²) in [7, 11) is 4.16. The van der Waals surface area contributed by atoms with Gasteiger partial charge in [0.15, 0.2) is 0 Å². The second kappa shape index (κ2) is 9.99. The van der Waals surface area contributed by atoms with Gasteiger partial charge in [0, 0.05) is 23.6 Å². The van der Waals surface area contributed by atoms with Crippen LogP contribution < -0.4 is 15.4 Å². The molecule has 2 N–H and O–H groups in total. The highest BCUT2D eigenvalue weighted by Gasteiger charge is 2.08. The molecule has 3 rings (SSSR count). The molecule has 0 aromatic heterocycles. The first-order chi connectivity index (χ1) is 14.0. The summed E-state index contributed by atoms with van der Waals surface area (Å²) < 4.78 is 6.10. The van der Waals surface area contributed by atoms with Crippen LogP contribution in [0, 0.1) is 13.8 Å². The molecule has 0 saturated heterocycles. The minimum absolute atomic E-state index is 0.686. The van der Waals surface area contributed by atoms with Crippen LogP contribution in [0.5, 0.6) is 5.75 Å². The Morgan fingerprint density at radius 1 is 0.759 bits per heavy atom. The van der Waals surface area contributed by atoms with Crippen molar-refractivity contribution in [1.29, 1.82) is 0 Å². The quantitative estimate of drug-likeness (QED) is 0.432. The van der Waals surface area contributed by atoms with Gasteiger partial charge in [-0.3, -0.25) is 0 Å². The van der Waals surface area contributed by atoms with Crippen LogP contribution in [0.3, 0.4) is 0 Å². The second-order valence-electron chi connectivity index (χ2n) is 7.71. The molecule has 152 valence electrons. The van der Waals surface area contributed by atoms with Gasteiger partial charge in [-0.1, -0.05) is 24.3 Å². The fourth-order valence-electron chi connectivity index (χ4n) is 3.16. The third-order valence-corrected chi connectivity index (χ3v) is 4.59. The van der Waals surface area contributed by atoms with E-state index in [0.717, 1.165) is 41.5 Å². The first-order valence-electron chi connectivity index (χ1n) is 10.1. The number of rotatable bonds is 9. The van der Waals surface area contributed by atoms with E-state index >= 15 is 0 Å². The minimum atomic E-state index is 0.686. The van der Waals surface area contributed by atoms with Crippen LogP contribution in [0.1, 0.15) is 17.5 Å². The molecule has 0 amide bonds. The number of benzene rings is 3. The number of hydrogen-bond donors (Lipinski definition) is 2. The largest absolute Gasteiger partial charge is 0.491 e. The molecule has 29 heavy (non-hydrogen) atoms. The van der Waals surface area contributed by atoms with Crippen molar-refractivity contribution in [3.8, 4) is 5.75 Å². The summed E-state index contributed by atoms with van der Waals surface area (Å²) in [6, 6.07) is 22.9. The van der Waals surface area contributed by atoms with E-state index in [2.05, 4.69) is 104 Å². The highest BCUT2D eigenvalue weighted by Crippen LogP contribution is 2.32. The zero-order valence-electron chi connectivity index (χ0n) is 17.8. The second-order valence-corrected chi connectivity index (χ2v) is 7.71. The van der Waals surface area contributed by atoms with Crippen LogP contribution in [0.2, 0.25) is 0 Å². The summed E-state index contributed by atoms with van der Waals surface area (Å²) in [4.78, 5) is 2.17. The zero-order chi connectivity index (χ0) is 20.6. The lowest BCUT2D eigenvalue weighted by Gasteiger charge is -2.17. The summed E-state index contributed by atoms with van der Waals surface area (Å²) in [5, 5.41) is 7.01. The fraction of sp³-hybridized carbons (Fsp3) is 0.280. The maximum Gasteiger partial charge on any atom is 0.142 e. The molecule has 0 bridgehead atoms. The van der Waals surface area contributed by atoms with Gasteiger partial charge in [-0.25, -0.2) is 0 Å². The van der Waals surface area contributed by atoms with Crippen molar-refractivity contribution in [3.63, 3.8) is 0 Å². The Balaban J connectivity index is 1.80. The monoisotopic (exact) mass is 389 g/mol. The van der Waals surface area contributed by atoms with Gasteiger partial charge in [0.25, 0.3) is 0 Å². The van der Waals surface area contributed by atoms with Gasteiger partial charge >= 0.3 is 0 Å². The first kappa shape index (κ1) is 20.7. The molecule has 0 saturated carbocycles. The average molecular weight is 390 g/mol. The van der Waals surface area contributed by atoms with Gasteiger partial charge in [-0.2, -0.15) is 0 Å². The van der Waals surface area contributed by atoms with Gasteiger partial charge in [0.05, 0.1) is 12.3 Å². The van der Waals surface area contributed by atoms with Crippen LogP contribution in [0.25, 0.3) is 0 Å². The normalized spacial score (nSPS) is 10.8. The number of aryl methyl sites for hydroxylation is 2. The van der Waals surface area contributed by atoms with Gasteiger partial charge in [-0.05, 0) is 88.0 Å². The third-order valence-electron chi connectivity index (χ3n) is 4.59. The highest BCUT2D eigenvalue weighted by molar-refractivity contribution is 5.73. The van der Waals surface area contributed by atoms with Gasteiger partial charge in [0.1, 0.15) is 5.75 Å². The maximum atomic E-state index is 6.10. The van der Waals surface area contributed by atoms with Crippen molar-refractivity contribution in [3.05, 3.63) is 77.9 Å². The lowest BCUT2D eigenvalue weighted by atomic mass is 10.2. The topological polar surface area (TPSA) is 36.5 Å². The van der Waals surface area contributed by atoms with Crippen LogP contribution >= 0.6 is 0 Å². The lowest BCUT2D eigenvalue weighted by molar-refractivity contribution is 0.283. The Kier molecular flexibility index (Phi) is 7.14. The molecule has 0 spiro atoms. The van der Waals surface area contributed by atoms with Crippen molar-refractivity contribution < 1.29 is 4.74 Å². The van der Waals surface area contributed by atoms with Crippen molar-refractivity contribution >= 4 is 22.7 Å². The molecule has 3 aromatic rings. The fourth-order valence-corrected chi connectivity index (χ4v) is 3.16. The maximum absolute atomic E-state index is 6.10. The molecule has 0 fully saturated rings. The van der Waals surface area contributed by atoms with E-state index in [9.17, 15) is 0 Å². The molecular weight excluding hydrogens is 358 g/mol. The van der Waals surface area contributed by atoms with Crippen LogP contribution in [0.4, 0.5) is 22.7 Å². The molecule has 0 atom stereocenters. The zero-order valence-corrected chi connectivity index (χ0v) is 17.8. The predicted octanol–water partition coefficient (Wildman–Crippen LogP) is 6.12. The van der Waals surface area contributed by atoms with E-state index in [0.29, 0.717) is 6.61 Å². The summed E-state index contributed by atoms with van der Waals surface area (Å²) in [6.45, 7) is 5.89. The van der Waals surface area contributed by atoms with Crippen molar-refractivity contribution in [2.45, 2.75) is 20.3 Å². The summed E-state index contributed by atoms with van der Waals surface area (Å²) >= 11 is 0. The summed E-state index contributed by atoms with van der Waals surface area (Å²) in [6.07, 6.45) is 0.986. The van der Waals surface area contributed by atoms with E-state index < -0.39 is 0 Å². The first-order valence-corrected chi connectivity index (χ1v) is 10.1. The predicted molar refractivity (Wildman–Crippen MR) is 124 cm³/mol. The van der Waals surface area contributed by atoms with Gasteiger partial charge in [-0.15, -0.1) is 0 Å². The standard InChI is InChI=1S/C25H31N3O/c1-19-8-5-10-21(16-19)26-23-12-13-25(29-15-7-14-28(3)4)24(18-23)27-22-11-6-9-20(2)17-22/h5-6,8-13,16-18,26-27H,7,14-15H2,1-4H3. The molecule has 0 aliphatic rings. The summed E-state index contributed by atoms with van der Waals surface area (Å²) in [5.74, 6) is 0.861. The van der Waals surface area contributed by atoms with Crippen LogP contribution in [-0.4, -0.2) is 32.1 Å². The van der Waals surface area contributed by atoms with Crippen molar-refractivity contribution in [2.24, 2.45) is 0 Å². The van der Waals surface area contributed by atoms with Gasteiger partial charge < -0.3 is 20.3 Å². The Bertz CT molecular complexity index is 937. The number of nitrogens with one attached hydrogen (secondary N) is 2. The Labute approximate surface area is 174 Å². The molecule has 0 unspecified atom stereocenters. The number of ether oxygens (including phenoxy) is 1. The highest BCUT2D eigenvalue weighted by atomic mass is 16.5.